The molecule has 0 bridgehead atoms. The molecule has 1 amide bonds. The number of fused-ring (bicyclic) bond motifs is 1. The van der Waals surface area contributed by atoms with Crippen molar-refractivity contribution in [2.75, 3.05) is 0 Å². The summed E-state index contributed by atoms with van der Waals surface area (Å²) < 4.78 is 2.77. The van der Waals surface area contributed by atoms with E-state index in [1.165, 1.54) is 15.6 Å². The molecule has 0 aromatic carbocycles. The number of nitrogens with zero attached hydrogens (tertiary/aromatic N) is 5. The highest BCUT2D eigenvalue weighted by Gasteiger charge is 2.13. The first-order valence-corrected chi connectivity index (χ1v) is 6.11. The van der Waals surface area contributed by atoms with Gasteiger partial charge < -0.3 is 5.32 Å². The number of rotatable bonds is 4. The van der Waals surface area contributed by atoms with Crippen LogP contribution >= 0.6 is 0 Å². The number of carbonyl (C=O) groups excluding carboxylic acids is 1. The van der Waals surface area contributed by atoms with Gasteiger partial charge in [-0.05, 0) is 20.8 Å². The first kappa shape index (κ1) is 13.2. The van der Waals surface area contributed by atoms with Crippen molar-refractivity contribution >= 4 is 17.1 Å². The molecule has 0 atom stereocenters. The van der Waals surface area contributed by atoms with Crippen LogP contribution in [0.15, 0.2) is 11.1 Å². The second-order valence-electron chi connectivity index (χ2n) is 4.48. The monoisotopic (exact) mass is 264 g/mol. The van der Waals surface area contributed by atoms with Gasteiger partial charge in [0.15, 0.2) is 11.2 Å². The summed E-state index contributed by atoms with van der Waals surface area (Å²) in [5.74, 6) is -0.235. The molecule has 2 rings (SSSR count). The van der Waals surface area contributed by atoms with Gasteiger partial charge >= 0.3 is 0 Å². The van der Waals surface area contributed by atoms with Crippen LogP contribution in [0, 0.1) is 0 Å². The molecule has 0 radical (unpaired) electrons. The minimum absolute atomic E-state index is 0.0286. The molecule has 19 heavy (non-hydrogen) atoms. The van der Waals surface area contributed by atoms with Crippen molar-refractivity contribution in [3.05, 3.63) is 16.7 Å². The second-order valence-corrected chi connectivity index (χ2v) is 4.48. The maximum absolute atomic E-state index is 12.1. The summed E-state index contributed by atoms with van der Waals surface area (Å²) in [5.41, 5.74) is 0.262. The molecule has 0 aliphatic carbocycles. The third-order valence-corrected chi connectivity index (χ3v) is 2.55. The fourth-order valence-electron chi connectivity index (χ4n) is 1.74. The number of hydrogen-bond acceptors (Lipinski definition) is 5. The van der Waals surface area contributed by atoms with Crippen LogP contribution in [0.25, 0.3) is 11.2 Å². The normalized spacial score (nSPS) is 11.2. The van der Waals surface area contributed by atoms with Gasteiger partial charge in [-0.2, -0.15) is 0 Å². The van der Waals surface area contributed by atoms with E-state index in [-0.39, 0.29) is 29.6 Å². The fourth-order valence-corrected chi connectivity index (χ4v) is 1.74. The summed E-state index contributed by atoms with van der Waals surface area (Å²) in [6.07, 6.45) is 1.35. The van der Waals surface area contributed by atoms with Crippen molar-refractivity contribution in [2.45, 2.75) is 39.9 Å². The highest BCUT2D eigenvalue weighted by molar-refractivity contribution is 5.76. The highest BCUT2D eigenvalue weighted by atomic mass is 16.2. The molecule has 2 aromatic rings. The number of nitrogens with one attached hydrogen (secondary N) is 1. The Morgan fingerprint density at radius 2 is 2.21 bits per heavy atom. The zero-order valence-corrected chi connectivity index (χ0v) is 11.1. The zero-order chi connectivity index (χ0) is 14.0. The van der Waals surface area contributed by atoms with Crippen LogP contribution in [0.3, 0.4) is 0 Å². The van der Waals surface area contributed by atoms with Crippen molar-refractivity contribution in [3.63, 3.8) is 0 Å². The second kappa shape index (κ2) is 5.17. The highest BCUT2D eigenvalue weighted by Crippen LogP contribution is 2.01. The van der Waals surface area contributed by atoms with E-state index < -0.39 is 0 Å². The smallest absolute Gasteiger partial charge is 0.283 e. The average molecular weight is 264 g/mol. The summed E-state index contributed by atoms with van der Waals surface area (Å²) >= 11 is 0. The van der Waals surface area contributed by atoms with Gasteiger partial charge in [0.25, 0.3) is 5.56 Å². The van der Waals surface area contributed by atoms with Gasteiger partial charge in [-0.25, -0.2) is 9.67 Å². The SMILES string of the molecule is CCn1nnc2c(=O)n(CC(=O)NC(C)C)cnc21. The van der Waals surface area contributed by atoms with Gasteiger partial charge in [-0.1, -0.05) is 5.21 Å². The van der Waals surface area contributed by atoms with Gasteiger partial charge in [0.05, 0.1) is 0 Å². The minimum atomic E-state index is -0.358. The Labute approximate surface area is 109 Å². The van der Waals surface area contributed by atoms with Crippen LogP contribution < -0.4 is 10.9 Å². The summed E-state index contributed by atoms with van der Waals surface area (Å²) in [7, 11) is 0. The molecule has 2 aromatic heterocycles. The number of hydrogen-bond donors (Lipinski definition) is 1. The first-order valence-electron chi connectivity index (χ1n) is 6.11. The number of aryl methyl sites for hydroxylation is 1. The molecule has 0 aliphatic heterocycles. The van der Waals surface area contributed by atoms with Crippen LogP contribution in [0.5, 0.6) is 0 Å². The lowest BCUT2D eigenvalue weighted by Crippen LogP contribution is -2.36. The Morgan fingerprint density at radius 1 is 1.47 bits per heavy atom. The maximum atomic E-state index is 12.1. The topological polar surface area (TPSA) is 94.7 Å². The molecule has 1 N–H and O–H groups in total. The lowest BCUT2D eigenvalue weighted by Gasteiger charge is -2.09. The summed E-state index contributed by atoms with van der Waals surface area (Å²) in [5, 5.41) is 10.4. The lowest BCUT2D eigenvalue weighted by atomic mass is 10.4. The Kier molecular flexibility index (Phi) is 3.59. The molecule has 8 nitrogen and oxygen atoms in total. The summed E-state index contributed by atoms with van der Waals surface area (Å²) in [6.45, 7) is 6.11. The molecular weight excluding hydrogens is 248 g/mol. The first-order chi connectivity index (χ1) is 9.02. The zero-order valence-electron chi connectivity index (χ0n) is 11.1. The summed E-state index contributed by atoms with van der Waals surface area (Å²) in [6, 6.07) is 0.0286. The molecule has 0 saturated carbocycles. The third-order valence-electron chi connectivity index (χ3n) is 2.55. The van der Waals surface area contributed by atoms with Crippen molar-refractivity contribution < 1.29 is 4.79 Å². The molecule has 0 saturated heterocycles. The van der Waals surface area contributed by atoms with E-state index in [0.717, 1.165) is 0 Å². The van der Waals surface area contributed by atoms with E-state index in [2.05, 4.69) is 20.6 Å². The van der Waals surface area contributed by atoms with Crippen LogP contribution in [0.4, 0.5) is 0 Å². The predicted molar refractivity (Wildman–Crippen MR) is 68.5 cm³/mol. The van der Waals surface area contributed by atoms with Gasteiger partial charge in [-0.15, -0.1) is 5.10 Å². The lowest BCUT2D eigenvalue weighted by molar-refractivity contribution is -0.122. The average Bonchev–Trinajstić information content (AvgIpc) is 2.75. The molecule has 102 valence electrons. The molecule has 2 heterocycles. The van der Waals surface area contributed by atoms with E-state index in [0.29, 0.717) is 12.2 Å². The van der Waals surface area contributed by atoms with Gasteiger partial charge in [0.1, 0.15) is 12.9 Å². The quantitative estimate of drug-likeness (QED) is 0.805. The van der Waals surface area contributed by atoms with Crippen LogP contribution in [-0.4, -0.2) is 36.5 Å². The number of aromatic nitrogens is 5. The van der Waals surface area contributed by atoms with E-state index in [1.807, 2.05) is 20.8 Å². The molecule has 8 heteroatoms. The van der Waals surface area contributed by atoms with E-state index >= 15 is 0 Å². The Balaban J connectivity index is 2.33. The largest absolute Gasteiger partial charge is 0.352 e. The predicted octanol–water partition coefficient (Wildman–Crippen LogP) is -0.467. The molecule has 0 fully saturated rings. The van der Waals surface area contributed by atoms with Gasteiger partial charge in [-0.3, -0.25) is 14.2 Å². The van der Waals surface area contributed by atoms with E-state index in [4.69, 9.17) is 0 Å². The third kappa shape index (κ3) is 2.61. The van der Waals surface area contributed by atoms with E-state index in [9.17, 15) is 9.59 Å². The number of carbonyl (C=O) groups is 1. The van der Waals surface area contributed by atoms with Crippen molar-refractivity contribution in [1.29, 1.82) is 0 Å². The van der Waals surface area contributed by atoms with Crippen molar-refractivity contribution in [1.82, 2.24) is 29.9 Å². The standard InChI is InChI=1S/C11H16N6O2/c1-4-17-10-9(14-15-17)11(19)16(6-12-10)5-8(18)13-7(2)3/h6-7H,4-5H2,1-3H3,(H,13,18). The maximum Gasteiger partial charge on any atom is 0.283 e. The van der Waals surface area contributed by atoms with Crippen LogP contribution in [0.1, 0.15) is 20.8 Å². The number of amides is 1. The summed E-state index contributed by atoms with van der Waals surface area (Å²) in [4.78, 5) is 27.9. The van der Waals surface area contributed by atoms with Crippen LogP contribution in [0.2, 0.25) is 0 Å². The van der Waals surface area contributed by atoms with Gasteiger partial charge in [0, 0.05) is 12.6 Å². The van der Waals surface area contributed by atoms with Gasteiger partial charge in [0.2, 0.25) is 5.91 Å². The molecule has 0 unspecified atom stereocenters. The van der Waals surface area contributed by atoms with Crippen molar-refractivity contribution in [2.24, 2.45) is 0 Å². The van der Waals surface area contributed by atoms with Crippen LogP contribution in [-0.2, 0) is 17.9 Å². The fraction of sp³-hybridized carbons (Fsp3) is 0.545. The molecule has 0 aliphatic rings. The van der Waals surface area contributed by atoms with Crippen molar-refractivity contribution in [3.8, 4) is 0 Å². The Morgan fingerprint density at radius 3 is 2.84 bits per heavy atom. The molecular formula is C11H16N6O2. The Bertz CT molecular complexity index is 657. The minimum Gasteiger partial charge on any atom is -0.352 e. The Hall–Kier alpha value is -2.25. The van der Waals surface area contributed by atoms with E-state index in [1.54, 1.807) is 0 Å². The molecule has 0 spiro atoms.